The third-order valence-corrected chi connectivity index (χ3v) is 9.10. The molecule has 2 atom stereocenters. The number of aldehydes is 1. The summed E-state index contributed by atoms with van der Waals surface area (Å²) in [5.41, 5.74) is 3.09. The molecule has 3 aliphatic carbocycles. The van der Waals surface area contributed by atoms with Gasteiger partial charge in [0, 0.05) is 29.6 Å². The zero-order chi connectivity index (χ0) is 35.1. The van der Waals surface area contributed by atoms with E-state index < -0.39 is 20.3 Å². The molecule has 0 aromatic heterocycles. The lowest BCUT2D eigenvalue weighted by atomic mass is 9.60. The number of amides is 1. The van der Waals surface area contributed by atoms with Crippen LogP contribution >= 0.6 is 31.9 Å². The molecule has 2 unspecified atom stereocenters. The summed E-state index contributed by atoms with van der Waals surface area (Å²) in [5, 5.41) is 15.0. The van der Waals surface area contributed by atoms with Crippen molar-refractivity contribution in [1.82, 2.24) is 10.6 Å². The van der Waals surface area contributed by atoms with Gasteiger partial charge in [0.05, 0.1) is 22.8 Å². The fraction of sp³-hybridized carbons (Fsp3) is 0.548. The molecule has 2 aromatic carbocycles. The van der Waals surface area contributed by atoms with Gasteiger partial charge in [0.15, 0.2) is 19.7 Å². The number of quaternary nitrogens is 1. The van der Waals surface area contributed by atoms with Crippen molar-refractivity contribution in [3.8, 4) is 11.5 Å². The van der Waals surface area contributed by atoms with E-state index in [9.17, 15) is 22.9 Å². The highest BCUT2D eigenvalue weighted by Gasteiger charge is 2.55. The molecule has 0 radical (unpaired) electrons. The highest BCUT2D eigenvalue weighted by atomic mass is 35.5. The van der Waals surface area contributed by atoms with Gasteiger partial charge in [-0.1, -0.05) is 30.1 Å². The maximum absolute atomic E-state index is 13.5. The first kappa shape index (κ1) is 40.7. The summed E-state index contributed by atoms with van der Waals surface area (Å²) in [7, 11) is 1.47. The molecule has 3 fully saturated rings. The molecular formula is C31H43Cl2F2N3O8P+. The molecule has 2 bridgehead atoms. The number of hydrogen-bond acceptors (Lipinski definition) is 9. The van der Waals surface area contributed by atoms with Crippen molar-refractivity contribution in [3.63, 3.8) is 0 Å². The molecule has 11 nitrogen and oxygen atoms in total. The number of aliphatic hydroxyl groups is 1. The van der Waals surface area contributed by atoms with Crippen molar-refractivity contribution in [3.05, 3.63) is 58.1 Å². The fourth-order valence-corrected chi connectivity index (χ4v) is 5.39. The Hall–Kier alpha value is -2.48. The Labute approximate surface area is 285 Å². The van der Waals surface area contributed by atoms with Crippen molar-refractivity contribution < 1.29 is 52.5 Å². The molecule has 0 saturated heterocycles. The lowest BCUT2D eigenvalue weighted by molar-refractivity contribution is -0.478. The van der Waals surface area contributed by atoms with Crippen molar-refractivity contribution in [2.24, 2.45) is 0 Å². The third kappa shape index (κ3) is 12.8. The third-order valence-electron chi connectivity index (χ3n) is 8.27. The highest BCUT2D eigenvalue weighted by Crippen LogP contribution is 2.48. The number of rotatable bonds is 14. The molecular weight excluding hydrogens is 682 g/mol. The van der Waals surface area contributed by atoms with E-state index in [1.54, 1.807) is 0 Å². The minimum absolute atomic E-state index is 0.000383. The summed E-state index contributed by atoms with van der Waals surface area (Å²) in [6.45, 7) is 3.76. The van der Waals surface area contributed by atoms with Gasteiger partial charge in [0.2, 0.25) is 0 Å². The van der Waals surface area contributed by atoms with E-state index in [0.717, 1.165) is 44.2 Å². The van der Waals surface area contributed by atoms with Crippen molar-refractivity contribution in [2.45, 2.75) is 75.1 Å². The van der Waals surface area contributed by atoms with Crippen molar-refractivity contribution >= 4 is 44.1 Å². The predicted octanol–water partition coefficient (Wildman–Crippen LogP) is 4.66. The van der Waals surface area contributed by atoms with Crippen LogP contribution in [0.2, 0.25) is 10.0 Å². The zero-order valence-corrected chi connectivity index (χ0v) is 29.1. The maximum Gasteiger partial charge on any atom is 0.329 e. The van der Waals surface area contributed by atoms with Crippen LogP contribution in [-0.4, -0.2) is 73.7 Å². The normalized spacial score (nSPS) is 22.5. The van der Waals surface area contributed by atoms with Crippen LogP contribution in [0.3, 0.4) is 0 Å². The molecule has 16 heteroatoms. The molecule has 2 aromatic rings. The Morgan fingerprint density at radius 1 is 1.11 bits per heavy atom. The van der Waals surface area contributed by atoms with Gasteiger partial charge in [-0.15, -0.1) is 0 Å². The molecule has 3 aliphatic rings. The van der Waals surface area contributed by atoms with E-state index in [2.05, 4.69) is 16.4 Å². The SMILES string of the molecule is CCC(C)([NH3+])CO.CNC12CCC(NC(=O)COc3ccc(Cl)c(F)c3)(CC1)CC2OCOP=O.O=CCOc1ccc(Cl)c(F)c1. The summed E-state index contributed by atoms with van der Waals surface area (Å²) >= 11 is 11.1. The van der Waals surface area contributed by atoms with Gasteiger partial charge < -0.3 is 35.7 Å². The number of fused-ring (bicyclic) bond motifs is 3. The Morgan fingerprint density at radius 3 is 2.13 bits per heavy atom. The zero-order valence-electron chi connectivity index (χ0n) is 26.7. The van der Waals surface area contributed by atoms with Crippen molar-refractivity contribution in [2.75, 3.05) is 33.7 Å². The number of benzene rings is 2. The van der Waals surface area contributed by atoms with Crippen LogP contribution in [0.4, 0.5) is 8.78 Å². The molecule has 0 spiro atoms. The Bertz CT molecular complexity index is 1310. The summed E-state index contributed by atoms with van der Waals surface area (Å²) in [6, 6.07) is 8.04. The number of likely N-dealkylation sites (N-methyl/N-ethyl adjacent to an activating group) is 1. The first-order valence-electron chi connectivity index (χ1n) is 14.9. The second-order valence-corrected chi connectivity index (χ2v) is 12.9. The van der Waals surface area contributed by atoms with Gasteiger partial charge >= 0.3 is 8.69 Å². The molecule has 0 aliphatic heterocycles. The summed E-state index contributed by atoms with van der Waals surface area (Å²) in [5.74, 6) is -0.890. The Balaban J connectivity index is 0.000000331. The second kappa shape index (κ2) is 19.5. The minimum atomic E-state index is -0.596. The first-order chi connectivity index (χ1) is 22.3. The molecule has 6 N–H and O–H groups in total. The molecule has 1 amide bonds. The topological polar surface area (TPSA) is 160 Å². The predicted molar refractivity (Wildman–Crippen MR) is 173 cm³/mol. The van der Waals surface area contributed by atoms with Gasteiger partial charge in [-0.05, 0) is 70.3 Å². The van der Waals surface area contributed by atoms with Gasteiger partial charge in [-0.2, -0.15) is 0 Å². The van der Waals surface area contributed by atoms with Crippen LogP contribution in [-0.2, 0) is 23.4 Å². The van der Waals surface area contributed by atoms with E-state index in [1.807, 2.05) is 20.9 Å². The molecule has 0 heterocycles. The van der Waals surface area contributed by atoms with Crippen LogP contribution < -0.4 is 25.8 Å². The number of aliphatic hydroxyl groups excluding tert-OH is 1. The van der Waals surface area contributed by atoms with Gasteiger partial charge in [0.25, 0.3) is 5.91 Å². The quantitative estimate of drug-likeness (QED) is 0.0941. The molecule has 3 saturated carbocycles. The van der Waals surface area contributed by atoms with E-state index in [1.165, 1.54) is 24.3 Å². The monoisotopic (exact) mass is 724 g/mol. The lowest BCUT2D eigenvalue weighted by Crippen LogP contribution is -2.72. The molecule has 5 rings (SSSR count). The summed E-state index contributed by atoms with van der Waals surface area (Å²) in [6.07, 6.45) is 5.28. The van der Waals surface area contributed by atoms with E-state index in [4.69, 9.17) is 47.0 Å². The van der Waals surface area contributed by atoms with Gasteiger partial charge in [-0.25, -0.2) is 13.3 Å². The standard InChI is InChI=1S/C18H23ClFN2O5P.C8H6ClFO2.C5H13NO/c1-21-18-6-4-17(5-7-18,9-15(18)26-11-27-28-24)22-16(23)10-25-12-2-3-13(19)14(20)8-12;9-7-2-1-6(5-8(7)10)12-4-3-11;1-3-5(2,6)4-7/h2-3,8,15,21H,4-7,9-11H2,1H3,(H,22,23);1-3,5H,4H2;7H,3-4,6H2,1-2H3/p+1. The maximum atomic E-state index is 13.5. The number of carbonyl (C=O) groups excluding carboxylic acids is 2. The summed E-state index contributed by atoms with van der Waals surface area (Å²) in [4.78, 5) is 22.3. The van der Waals surface area contributed by atoms with Crippen molar-refractivity contribution in [1.29, 1.82) is 0 Å². The van der Waals surface area contributed by atoms with Crippen LogP contribution in [0.25, 0.3) is 0 Å². The van der Waals surface area contributed by atoms with E-state index in [-0.39, 0.29) is 71.0 Å². The average Bonchev–Trinajstić information content (AvgIpc) is 3.07. The smallest absolute Gasteiger partial charge is 0.329 e. The van der Waals surface area contributed by atoms with Crippen LogP contribution in [0.15, 0.2) is 36.4 Å². The lowest BCUT2D eigenvalue weighted by Gasteiger charge is -2.57. The number of hydrogen-bond donors (Lipinski definition) is 4. The number of ether oxygens (including phenoxy) is 3. The number of halogens is 4. The van der Waals surface area contributed by atoms with Crippen LogP contribution in [0, 0.1) is 11.6 Å². The molecule has 47 heavy (non-hydrogen) atoms. The highest BCUT2D eigenvalue weighted by molar-refractivity contribution is 7.17. The van der Waals surface area contributed by atoms with E-state index in [0.29, 0.717) is 18.5 Å². The van der Waals surface area contributed by atoms with E-state index >= 15 is 0 Å². The van der Waals surface area contributed by atoms with Gasteiger partial charge in [-0.3, -0.25) is 14.1 Å². The number of carbonyl (C=O) groups is 2. The molecule has 262 valence electrons. The fourth-order valence-electron chi connectivity index (χ4n) is 5.05. The second-order valence-electron chi connectivity index (χ2n) is 11.7. The number of nitrogens with one attached hydrogen (secondary N) is 2. The Morgan fingerprint density at radius 2 is 1.68 bits per heavy atom. The average molecular weight is 726 g/mol. The first-order valence-corrected chi connectivity index (χ1v) is 16.4. The van der Waals surface area contributed by atoms with Gasteiger partial charge in [0.1, 0.15) is 35.3 Å². The largest absolute Gasteiger partial charge is 0.486 e. The Kier molecular flexibility index (Phi) is 16.9. The van der Waals surface area contributed by atoms with Crippen LogP contribution in [0.5, 0.6) is 11.5 Å². The van der Waals surface area contributed by atoms with Crippen LogP contribution in [0.1, 0.15) is 52.4 Å². The minimum Gasteiger partial charge on any atom is -0.486 e. The summed E-state index contributed by atoms with van der Waals surface area (Å²) < 4.78 is 57.4.